The number of benzene rings is 2. The van der Waals surface area contributed by atoms with Crippen LogP contribution in [0.1, 0.15) is 27.0 Å². The molecule has 0 radical (unpaired) electrons. The van der Waals surface area contributed by atoms with E-state index in [-0.39, 0.29) is 16.8 Å². The highest BCUT2D eigenvalue weighted by molar-refractivity contribution is 7.80. The predicted molar refractivity (Wildman–Crippen MR) is 99.0 cm³/mol. The molecule has 3 N–H and O–H groups in total. The molecule has 6 heteroatoms. The number of aromatic hydroxyl groups is 1. The Hall–Kier alpha value is -2.60. The number of nitrogens with one attached hydrogen (secondary N) is 2. The van der Waals surface area contributed by atoms with E-state index in [1.54, 1.807) is 24.3 Å². The number of methoxy groups -OCH3 is 1. The van der Waals surface area contributed by atoms with Gasteiger partial charge in [0.05, 0.1) is 18.4 Å². The van der Waals surface area contributed by atoms with E-state index in [2.05, 4.69) is 10.6 Å². The minimum absolute atomic E-state index is 0.0721. The first kappa shape index (κ1) is 17.7. The van der Waals surface area contributed by atoms with Crippen molar-refractivity contribution in [2.75, 3.05) is 12.4 Å². The maximum Gasteiger partial charge on any atom is 0.261 e. The monoisotopic (exact) mass is 344 g/mol. The average Bonchev–Trinajstić information content (AvgIpc) is 2.52. The summed E-state index contributed by atoms with van der Waals surface area (Å²) in [5.41, 5.74) is 3.67. The fraction of sp³-hybridized carbons (Fsp3) is 0.222. The Bertz CT molecular complexity index is 803. The molecule has 0 aliphatic heterocycles. The van der Waals surface area contributed by atoms with Gasteiger partial charge in [-0.05, 0) is 67.9 Å². The lowest BCUT2D eigenvalue weighted by molar-refractivity contribution is 0.0974. The number of amides is 1. The molecule has 5 nitrogen and oxygen atoms in total. The minimum atomic E-state index is -0.378. The summed E-state index contributed by atoms with van der Waals surface area (Å²) in [4.78, 5) is 12.4. The number of ether oxygens (including phenoxy) is 1. The lowest BCUT2D eigenvalue weighted by atomic mass is 10.1. The molecule has 0 bridgehead atoms. The zero-order valence-electron chi connectivity index (χ0n) is 14.1. The molecule has 2 rings (SSSR count). The molecule has 0 aliphatic rings. The van der Waals surface area contributed by atoms with Gasteiger partial charge < -0.3 is 15.2 Å². The van der Waals surface area contributed by atoms with Gasteiger partial charge in [-0.3, -0.25) is 10.1 Å². The maximum atomic E-state index is 12.4. The van der Waals surface area contributed by atoms with Crippen molar-refractivity contribution in [3.8, 4) is 11.5 Å². The van der Waals surface area contributed by atoms with Crippen LogP contribution in [0.4, 0.5) is 5.69 Å². The number of carbonyl (C=O) groups is 1. The van der Waals surface area contributed by atoms with Crippen molar-refractivity contribution < 1.29 is 14.6 Å². The molecular formula is C18H20N2O3S. The van der Waals surface area contributed by atoms with Gasteiger partial charge in [0.15, 0.2) is 5.11 Å². The number of para-hydroxylation sites is 1. The first-order valence-electron chi connectivity index (χ1n) is 7.39. The molecule has 0 aliphatic carbocycles. The van der Waals surface area contributed by atoms with Crippen LogP contribution in [0.3, 0.4) is 0 Å². The Morgan fingerprint density at radius 1 is 1.12 bits per heavy atom. The second-order valence-corrected chi connectivity index (χ2v) is 5.93. The first-order valence-corrected chi connectivity index (χ1v) is 7.80. The highest BCUT2D eigenvalue weighted by Gasteiger charge is 2.15. The lowest BCUT2D eigenvalue weighted by Gasteiger charge is -2.14. The standard InChI is InChI=1S/C18H20N2O3S/c1-10-6-5-7-13(16(10)23-4)17(22)20-18(24)19-14-8-11(2)12(3)9-15(14)21/h5-9,21H,1-4H3,(H2,19,20,22,24). The average molecular weight is 344 g/mol. The van der Waals surface area contributed by atoms with Gasteiger partial charge in [-0.2, -0.15) is 0 Å². The van der Waals surface area contributed by atoms with E-state index < -0.39 is 0 Å². The maximum absolute atomic E-state index is 12.4. The van der Waals surface area contributed by atoms with Crippen molar-refractivity contribution in [1.29, 1.82) is 0 Å². The van der Waals surface area contributed by atoms with E-state index in [4.69, 9.17) is 17.0 Å². The third-order valence-corrected chi connectivity index (χ3v) is 3.95. The zero-order valence-corrected chi connectivity index (χ0v) is 14.9. The van der Waals surface area contributed by atoms with Crippen LogP contribution in [-0.2, 0) is 0 Å². The topological polar surface area (TPSA) is 70.6 Å². The van der Waals surface area contributed by atoms with Crippen molar-refractivity contribution in [1.82, 2.24) is 5.32 Å². The molecule has 0 saturated carbocycles. The number of thiocarbonyl (C=S) groups is 1. The Morgan fingerprint density at radius 3 is 2.46 bits per heavy atom. The van der Waals surface area contributed by atoms with Gasteiger partial charge in [-0.1, -0.05) is 12.1 Å². The third kappa shape index (κ3) is 3.83. The van der Waals surface area contributed by atoms with Gasteiger partial charge in [0.1, 0.15) is 11.5 Å². The van der Waals surface area contributed by atoms with Crippen molar-refractivity contribution in [2.24, 2.45) is 0 Å². The summed E-state index contributed by atoms with van der Waals surface area (Å²) in [6.45, 7) is 5.70. The van der Waals surface area contributed by atoms with Crippen LogP contribution in [0, 0.1) is 20.8 Å². The molecule has 0 fully saturated rings. The minimum Gasteiger partial charge on any atom is -0.506 e. The van der Waals surface area contributed by atoms with Crippen LogP contribution in [0.25, 0.3) is 0 Å². The Morgan fingerprint density at radius 2 is 1.79 bits per heavy atom. The van der Waals surface area contributed by atoms with Crippen molar-refractivity contribution in [3.63, 3.8) is 0 Å². The Labute approximate surface area is 146 Å². The van der Waals surface area contributed by atoms with Crippen molar-refractivity contribution in [3.05, 3.63) is 52.6 Å². The molecule has 1 amide bonds. The van der Waals surface area contributed by atoms with Crippen LogP contribution >= 0.6 is 12.2 Å². The van der Waals surface area contributed by atoms with Crippen LogP contribution < -0.4 is 15.4 Å². The molecule has 24 heavy (non-hydrogen) atoms. The molecule has 0 atom stereocenters. The summed E-state index contributed by atoms with van der Waals surface area (Å²) in [6.07, 6.45) is 0. The normalized spacial score (nSPS) is 10.2. The number of phenols is 1. The van der Waals surface area contributed by atoms with Gasteiger partial charge >= 0.3 is 0 Å². The van der Waals surface area contributed by atoms with Crippen LogP contribution in [0.15, 0.2) is 30.3 Å². The second-order valence-electron chi connectivity index (χ2n) is 5.52. The highest BCUT2D eigenvalue weighted by atomic mass is 32.1. The summed E-state index contributed by atoms with van der Waals surface area (Å²) < 4.78 is 5.28. The molecular weight excluding hydrogens is 324 g/mol. The van der Waals surface area contributed by atoms with Gasteiger partial charge in [-0.25, -0.2) is 0 Å². The van der Waals surface area contributed by atoms with Crippen LogP contribution in [-0.4, -0.2) is 23.2 Å². The van der Waals surface area contributed by atoms with E-state index in [9.17, 15) is 9.90 Å². The number of phenolic OH excluding ortho intramolecular Hbond substituents is 1. The van der Waals surface area contributed by atoms with Crippen LogP contribution in [0.2, 0.25) is 0 Å². The molecule has 2 aromatic rings. The van der Waals surface area contributed by atoms with E-state index >= 15 is 0 Å². The Kier molecular flexibility index (Phi) is 5.41. The fourth-order valence-corrected chi connectivity index (χ4v) is 2.53. The summed E-state index contributed by atoms with van der Waals surface area (Å²) in [7, 11) is 1.52. The molecule has 126 valence electrons. The predicted octanol–water partition coefficient (Wildman–Crippen LogP) is 3.45. The van der Waals surface area contributed by atoms with Crippen molar-refractivity contribution in [2.45, 2.75) is 20.8 Å². The number of carbonyl (C=O) groups excluding carboxylic acids is 1. The van der Waals surface area contributed by atoms with Crippen LogP contribution in [0.5, 0.6) is 11.5 Å². The zero-order chi connectivity index (χ0) is 17.9. The molecule has 0 aromatic heterocycles. The van der Waals surface area contributed by atoms with E-state index in [1.165, 1.54) is 7.11 Å². The summed E-state index contributed by atoms with van der Waals surface area (Å²) in [6, 6.07) is 8.72. The largest absolute Gasteiger partial charge is 0.506 e. The summed E-state index contributed by atoms with van der Waals surface area (Å²) in [5.74, 6) is 0.200. The van der Waals surface area contributed by atoms with E-state index in [0.29, 0.717) is 17.0 Å². The molecule has 0 saturated heterocycles. The fourth-order valence-electron chi connectivity index (χ4n) is 2.33. The lowest BCUT2D eigenvalue weighted by Crippen LogP contribution is -2.34. The Balaban J connectivity index is 2.15. The first-order chi connectivity index (χ1) is 11.3. The number of anilines is 1. The third-order valence-electron chi connectivity index (χ3n) is 3.75. The highest BCUT2D eigenvalue weighted by Crippen LogP contribution is 2.27. The van der Waals surface area contributed by atoms with Gasteiger partial charge in [0.2, 0.25) is 0 Å². The quantitative estimate of drug-likeness (QED) is 0.588. The molecule has 0 unspecified atom stereocenters. The molecule has 0 spiro atoms. The van der Waals surface area contributed by atoms with E-state index in [1.807, 2.05) is 26.8 Å². The second kappa shape index (κ2) is 7.31. The van der Waals surface area contributed by atoms with Gasteiger partial charge in [-0.15, -0.1) is 0 Å². The number of hydrogen-bond acceptors (Lipinski definition) is 4. The smallest absolute Gasteiger partial charge is 0.261 e. The SMILES string of the molecule is COc1c(C)cccc1C(=O)NC(=S)Nc1cc(C)c(C)cc1O. The number of rotatable bonds is 3. The van der Waals surface area contributed by atoms with Gasteiger partial charge in [0, 0.05) is 0 Å². The number of aryl methyl sites for hydroxylation is 3. The number of hydrogen-bond donors (Lipinski definition) is 3. The summed E-state index contributed by atoms with van der Waals surface area (Å²) >= 11 is 5.17. The molecule has 2 aromatic carbocycles. The molecule has 0 heterocycles. The van der Waals surface area contributed by atoms with Crippen molar-refractivity contribution >= 4 is 28.9 Å². The summed E-state index contributed by atoms with van der Waals surface area (Å²) in [5, 5.41) is 15.5. The van der Waals surface area contributed by atoms with Gasteiger partial charge in [0.25, 0.3) is 5.91 Å². The van der Waals surface area contributed by atoms with E-state index in [0.717, 1.165) is 16.7 Å².